The zero-order valence-electron chi connectivity index (χ0n) is 14.3. The maximum absolute atomic E-state index is 12.5. The van der Waals surface area contributed by atoms with E-state index in [0.29, 0.717) is 18.7 Å². The number of aromatic nitrogens is 1. The van der Waals surface area contributed by atoms with Crippen LogP contribution in [-0.4, -0.2) is 28.5 Å². The van der Waals surface area contributed by atoms with E-state index in [0.717, 1.165) is 34.4 Å². The number of nitrogens with zero attached hydrogens (tertiary/aromatic N) is 2. The highest BCUT2D eigenvalue weighted by molar-refractivity contribution is 7.12. The summed E-state index contributed by atoms with van der Waals surface area (Å²) in [5.74, 6) is -0.212. The zero-order valence-corrected chi connectivity index (χ0v) is 15.1. The Bertz CT molecular complexity index is 976. The van der Waals surface area contributed by atoms with Gasteiger partial charge in [0.15, 0.2) is 5.58 Å². The van der Waals surface area contributed by atoms with Crippen LogP contribution in [0.3, 0.4) is 0 Å². The Labute approximate surface area is 149 Å². The predicted molar refractivity (Wildman–Crippen MR) is 98.4 cm³/mol. The molecule has 0 atom stereocenters. The molecule has 0 bridgehead atoms. The lowest BCUT2D eigenvalue weighted by molar-refractivity contribution is 0.0698. The van der Waals surface area contributed by atoms with Gasteiger partial charge in [-0.3, -0.25) is 9.36 Å². The van der Waals surface area contributed by atoms with Gasteiger partial charge in [0.1, 0.15) is 0 Å². The average Bonchev–Trinajstić information content (AvgIpc) is 3.22. The quantitative estimate of drug-likeness (QED) is 0.703. The summed E-state index contributed by atoms with van der Waals surface area (Å²) in [6, 6.07) is 7.86. The van der Waals surface area contributed by atoms with Crippen LogP contribution in [0.4, 0.5) is 0 Å². The van der Waals surface area contributed by atoms with E-state index in [9.17, 15) is 9.59 Å². The highest BCUT2D eigenvalue weighted by Gasteiger charge is 2.28. The summed E-state index contributed by atoms with van der Waals surface area (Å²) in [6.07, 6.45) is 1.53. The first-order chi connectivity index (χ1) is 12.0. The maximum atomic E-state index is 12.5. The van der Waals surface area contributed by atoms with Crippen molar-refractivity contribution >= 4 is 28.3 Å². The monoisotopic (exact) mass is 356 g/mol. The van der Waals surface area contributed by atoms with Gasteiger partial charge in [0.2, 0.25) is 0 Å². The van der Waals surface area contributed by atoms with Crippen LogP contribution in [0.5, 0.6) is 0 Å². The highest BCUT2D eigenvalue weighted by atomic mass is 32.1. The second-order valence-electron chi connectivity index (χ2n) is 6.67. The molecule has 3 aromatic rings. The first kappa shape index (κ1) is 16.1. The molecule has 3 heterocycles. The van der Waals surface area contributed by atoms with E-state index in [1.807, 2.05) is 48.4 Å². The molecule has 6 heteroatoms. The summed E-state index contributed by atoms with van der Waals surface area (Å²) in [6.45, 7) is 5.30. The van der Waals surface area contributed by atoms with Crippen LogP contribution in [0.15, 0.2) is 38.9 Å². The summed E-state index contributed by atoms with van der Waals surface area (Å²) in [5.41, 5.74) is 3.64. The van der Waals surface area contributed by atoms with Crippen molar-refractivity contribution in [2.75, 3.05) is 13.1 Å². The third kappa shape index (κ3) is 2.80. The van der Waals surface area contributed by atoms with Gasteiger partial charge < -0.3 is 9.32 Å². The lowest BCUT2D eigenvalue weighted by atomic mass is 10.0. The molecular weight excluding hydrogens is 336 g/mol. The summed E-state index contributed by atoms with van der Waals surface area (Å²) < 4.78 is 7.28. The molecule has 1 amide bonds. The minimum Gasteiger partial charge on any atom is -0.407 e. The molecule has 0 unspecified atom stereocenters. The van der Waals surface area contributed by atoms with Crippen LogP contribution < -0.4 is 5.76 Å². The Hall–Kier alpha value is -2.34. The van der Waals surface area contributed by atoms with Gasteiger partial charge >= 0.3 is 5.76 Å². The van der Waals surface area contributed by atoms with E-state index in [2.05, 4.69) is 0 Å². The summed E-state index contributed by atoms with van der Waals surface area (Å²) in [4.78, 5) is 27.5. The first-order valence-electron chi connectivity index (χ1n) is 8.49. The van der Waals surface area contributed by atoms with Crippen molar-refractivity contribution in [1.29, 1.82) is 0 Å². The number of carbonyl (C=O) groups is 1. The Balaban J connectivity index is 1.59. The van der Waals surface area contributed by atoms with E-state index in [1.165, 1.54) is 11.3 Å². The van der Waals surface area contributed by atoms with Crippen molar-refractivity contribution in [3.63, 3.8) is 0 Å². The van der Waals surface area contributed by atoms with Gasteiger partial charge in [-0.05, 0) is 55.3 Å². The number of fused-ring (bicyclic) bond motifs is 1. The summed E-state index contributed by atoms with van der Waals surface area (Å²) in [7, 11) is 0. The number of carbonyl (C=O) groups excluding carboxylic acids is 1. The number of piperidine rings is 1. The van der Waals surface area contributed by atoms with Crippen LogP contribution in [0.25, 0.3) is 11.1 Å². The van der Waals surface area contributed by atoms with Crippen LogP contribution in [-0.2, 0) is 0 Å². The zero-order chi connectivity index (χ0) is 17.6. The molecule has 1 aliphatic rings. The van der Waals surface area contributed by atoms with Gasteiger partial charge in [-0.2, -0.15) is 0 Å². The predicted octanol–water partition coefficient (Wildman–Crippen LogP) is 3.75. The maximum Gasteiger partial charge on any atom is 0.420 e. The van der Waals surface area contributed by atoms with Crippen molar-refractivity contribution in [3.05, 3.63) is 56.2 Å². The lowest BCUT2D eigenvalue weighted by Crippen LogP contribution is -2.40. The van der Waals surface area contributed by atoms with Gasteiger partial charge in [-0.15, -0.1) is 11.3 Å². The van der Waals surface area contributed by atoms with E-state index >= 15 is 0 Å². The molecule has 0 spiro atoms. The van der Waals surface area contributed by atoms with Crippen molar-refractivity contribution < 1.29 is 9.21 Å². The van der Waals surface area contributed by atoms with Gasteiger partial charge in [0.05, 0.1) is 10.4 Å². The molecule has 25 heavy (non-hydrogen) atoms. The Morgan fingerprint density at radius 1 is 1.24 bits per heavy atom. The van der Waals surface area contributed by atoms with Gasteiger partial charge in [-0.25, -0.2) is 4.79 Å². The Kier molecular flexibility index (Phi) is 4.00. The Morgan fingerprint density at radius 3 is 2.68 bits per heavy atom. The third-order valence-electron chi connectivity index (χ3n) is 4.89. The number of amides is 1. The molecule has 130 valence electrons. The van der Waals surface area contributed by atoms with E-state index in [-0.39, 0.29) is 17.7 Å². The molecule has 1 saturated heterocycles. The second kappa shape index (κ2) is 6.19. The summed E-state index contributed by atoms with van der Waals surface area (Å²) in [5, 5.41) is 1.92. The SMILES string of the molecule is Cc1cc(C)c2oc(=O)n(C3CCN(C(=O)c4cccs4)CC3)c2c1. The molecular formula is C19H20N2O3S. The normalized spacial score (nSPS) is 15.8. The number of oxazole rings is 1. The fourth-order valence-electron chi connectivity index (χ4n) is 3.71. The largest absolute Gasteiger partial charge is 0.420 e. The van der Waals surface area contributed by atoms with Crippen molar-refractivity contribution in [1.82, 2.24) is 9.47 Å². The lowest BCUT2D eigenvalue weighted by Gasteiger charge is -2.32. The number of hydrogen-bond donors (Lipinski definition) is 0. The van der Waals surface area contributed by atoms with Gasteiger partial charge in [-0.1, -0.05) is 12.1 Å². The molecule has 0 aliphatic carbocycles. The molecule has 2 aromatic heterocycles. The van der Waals surface area contributed by atoms with Crippen LogP contribution in [0.2, 0.25) is 0 Å². The standard InChI is InChI=1S/C19H20N2O3S/c1-12-10-13(2)17-15(11-12)21(19(23)24-17)14-5-7-20(8-6-14)18(22)16-4-3-9-25-16/h3-4,9-11,14H,5-8H2,1-2H3. The molecule has 5 nitrogen and oxygen atoms in total. The molecule has 1 aromatic carbocycles. The number of thiophene rings is 1. The number of benzene rings is 1. The number of likely N-dealkylation sites (tertiary alicyclic amines) is 1. The van der Waals surface area contributed by atoms with Crippen LogP contribution in [0.1, 0.15) is 39.7 Å². The van der Waals surface area contributed by atoms with E-state index in [4.69, 9.17) is 4.42 Å². The number of rotatable bonds is 2. The molecule has 0 saturated carbocycles. The van der Waals surface area contributed by atoms with E-state index < -0.39 is 0 Å². The average molecular weight is 356 g/mol. The Morgan fingerprint density at radius 2 is 2.00 bits per heavy atom. The van der Waals surface area contributed by atoms with Crippen molar-refractivity contribution in [2.45, 2.75) is 32.7 Å². The summed E-state index contributed by atoms with van der Waals surface area (Å²) >= 11 is 1.47. The minimum atomic E-state index is -0.299. The smallest absolute Gasteiger partial charge is 0.407 e. The van der Waals surface area contributed by atoms with Gasteiger partial charge in [0.25, 0.3) is 5.91 Å². The molecule has 1 fully saturated rings. The molecule has 0 N–H and O–H groups in total. The third-order valence-corrected chi connectivity index (χ3v) is 5.75. The van der Waals surface area contributed by atoms with Gasteiger partial charge in [0, 0.05) is 19.1 Å². The second-order valence-corrected chi connectivity index (χ2v) is 7.62. The fourth-order valence-corrected chi connectivity index (χ4v) is 4.40. The van der Waals surface area contributed by atoms with Crippen molar-refractivity contribution in [2.24, 2.45) is 0 Å². The molecule has 1 aliphatic heterocycles. The van der Waals surface area contributed by atoms with E-state index in [1.54, 1.807) is 4.57 Å². The molecule has 0 radical (unpaired) electrons. The first-order valence-corrected chi connectivity index (χ1v) is 9.37. The fraction of sp³-hybridized carbons (Fsp3) is 0.368. The number of hydrogen-bond acceptors (Lipinski definition) is 4. The highest BCUT2D eigenvalue weighted by Crippen LogP contribution is 2.28. The van der Waals surface area contributed by atoms with Crippen LogP contribution in [0, 0.1) is 13.8 Å². The number of aryl methyl sites for hydroxylation is 2. The van der Waals surface area contributed by atoms with Crippen molar-refractivity contribution in [3.8, 4) is 0 Å². The van der Waals surface area contributed by atoms with Crippen LogP contribution >= 0.6 is 11.3 Å². The minimum absolute atomic E-state index is 0.0716. The topological polar surface area (TPSA) is 55.5 Å². The molecule has 4 rings (SSSR count).